The SMILES string of the molecule is O=C1CSc2ccc(NC(=O)c3ccc(Cl)c(Cl)c3)cc2N1. The number of nitrogens with one attached hydrogen (secondary N) is 2. The van der Waals surface area contributed by atoms with E-state index in [0.717, 1.165) is 4.90 Å². The Hall–Kier alpha value is -1.69. The molecule has 2 aromatic rings. The molecular formula is C15H10Cl2N2O2S. The summed E-state index contributed by atoms with van der Waals surface area (Å²) < 4.78 is 0. The van der Waals surface area contributed by atoms with Crippen molar-refractivity contribution in [1.29, 1.82) is 0 Å². The van der Waals surface area contributed by atoms with Crippen LogP contribution in [0.25, 0.3) is 0 Å². The average molecular weight is 353 g/mol. The van der Waals surface area contributed by atoms with Crippen LogP contribution in [0, 0.1) is 0 Å². The van der Waals surface area contributed by atoms with Gasteiger partial charge in [-0.05, 0) is 36.4 Å². The number of hydrogen-bond donors (Lipinski definition) is 2. The fourth-order valence-electron chi connectivity index (χ4n) is 2.00. The van der Waals surface area contributed by atoms with E-state index >= 15 is 0 Å². The molecule has 0 bridgehead atoms. The van der Waals surface area contributed by atoms with Crippen molar-refractivity contribution in [1.82, 2.24) is 0 Å². The topological polar surface area (TPSA) is 58.2 Å². The zero-order valence-electron chi connectivity index (χ0n) is 11.2. The van der Waals surface area contributed by atoms with Gasteiger partial charge in [0.15, 0.2) is 0 Å². The number of halogens is 2. The Bertz CT molecular complexity index is 780. The number of amides is 2. The summed E-state index contributed by atoms with van der Waals surface area (Å²) >= 11 is 13.2. The normalized spacial score (nSPS) is 13.3. The van der Waals surface area contributed by atoms with Gasteiger partial charge in [-0.1, -0.05) is 23.2 Å². The number of fused-ring (bicyclic) bond motifs is 1. The summed E-state index contributed by atoms with van der Waals surface area (Å²) in [6, 6.07) is 10.1. The molecule has 4 nitrogen and oxygen atoms in total. The van der Waals surface area contributed by atoms with Gasteiger partial charge in [-0.25, -0.2) is 0 Å². The average Bonchev–Trinajstić information content (AvgIpc) is 2.49. The zero-order chi connectivity index (χ0) is 15.7. The molecule has 0 saturated carbocycles. The predicted octanol–water partition coefficient (Wildman–Crippen LogP) is 4.29. The number of hydrogen-bond acceptors (Lipinski definition) is 3. The van der Waals surface area contributed by atoms with Crippen molar-refractivity contribution < 1.29 is 9.59 Å². The minimum Gasteiger partial charge on any atom is -0.324 e. The smallest absolute Gasteiger partial charge is 0.255 e. The van der Waals surface area contributed by atoms with Crippen LogP contribution in [0.5, 0.6) is 0 Å². The van der Waals surface area contributed by atoms with Crippen molar-refractivity contribution in [2.75, 3.05) is 16.4 Å². The summed E-state index contributed by atoms with van der Waals surface area (Å²) in [5.74, 6) is 0.0564. The summed E-state index contributed by atoms with van der Waals surface area (Å²) in [4.78, 5) is 24.6. The number of anilines is 2. The molecule has 0 saturated heterocycles. The molecule has 2 N–H and O–H groups in total. The van der Waals surface area contributed by atoms with Crippen LogP contribution in [0.1, 0.15) is 10.4 Å². The molecule has 1 aliphatic heterocycles. The lowest BCUT2D eigenvalue weighted by Crippen LogP contribution is -2.19. The molecule has 0 spiro atoms. The number of benzene rings is 2. The Morgan fingerprint density at radius 3 is 2.73 bits per heavy atom. The number of carbonyl (C=O) groups excluding carboxylic acids is 2. The van der Waals surface area contributed by atoms with Crippen LogP contribution in [0.2, 0.25) is 10.0 Å². The molecule has 3 rings (SSSR count). The Kier molecular flexibility index (Phi) is 4.29. The summed E-state index contributed by atoms with van der Waals surface area (Å²) in [6.07, 6.45) is 0. The van der Waals surface area contributed by atoms with Crippen molar-refractivity contribution in [3.63, 3.8) is 0 Å². The molecule has 1 aliphatic rings. The lowest BCUT2D eigenvalue weighted by atomic mass is 10.2. The zero-order valence-corrected chi connectivity index (χ0v) is 13.5. The van der Waals surface area contributed by atoms with E-state index in [4.69, 9.17) is 23.2 Å². The molecule has 22 heavy (non-hydrogen) atoms. The highest BCUT2D eigenvalue weighted by Crippen LogP contribution is 2.33. The van der Waals surface area contributed by atoms with Gasteiger partial charge in [0, 0.05) is 16.1 Å². The monoisotopic (exact) mass is 352 g/mol. The second kappa shape index (κ2) is 6.20. The molecule has 2 amide bonds. The van der Waals surface area contributed by atoms with Crippen molar-refractivity contribution >= 4 is 58.2 Å². The molecule has 7 heteroatoms. The number of carbonyl (C=O) groups is 2. The Morgan fingerprint density at radius 1 is 1.14 bits per heavy atom. The maximum Gasteiger partial charge on any atom is 0.255 e. The maximum atomic E-state index is 12.2. The lowest BCUT2D eigenvalue weighted by Gasteiger charge is -2.17. The van der Waals surface area contributed by atoms with Crippen molar-refractivity contribution in [2.24, 2.45) is 0 Å². The second-order valence-corrected chi connectivity index (χ2v) is 6.46. The van der Waals surface area contributed by atoms with Crippen LogP contribution < -0.4 is 10.6 Å². The molecule has 112 valence electrons. The molecule has 0 fully saturated rings. The van der Waals surface area contributed by atoms with Crippen LogP contribution in [-0.2, 0) is 4.79 Å². The summed E-state index contributed by atoms with van der Waals surface area (Å²) in [5, 5.41) is 6.27. The van der Waals surface area contributed by atoms with Gasteiger partial charge in [-0.2, -0.15) is 0 Å². The van der Waals surface area contributed by atoms with Gasteiger partial charge in [0.1, 0.15) is 0 Å². The van der Waals surface area contributed by atoms with E-state index in [-0.39, 0.29) is 11.8 Å². The summed E-state index contributed by atoms with van der Waals surface area (Å²) in [7, 11) is 0. The molecular weight excluding hydrogens is 343 g/mol. The molecule has 0 atom stereocenters. The van der Waals surface area contributed by atoms with Gasteiger partial charge in [0.05, 0.1) is 21.5 Å². The van der Waals surface area contributed by atoms with E-state index in [2.05, 4.69) is 10.6 Å². The molecule has 0 radical (unpaired) electrons. The molecule has 0 aliphatic carbocycles. The van der Waals surface area contributed by atoms with E-state index in [1.54, 1.807) is 24.3 Å². The predicted molar refractivity (Wildman–Crippen MR) is 90.2 cm³/mol. The van der Waals surface area contributed by atoms with Crippen LogP contribution in [0.3, 0.4) is 0 Å². The van der Waals surface area contributed by atoms with Crippen LogP contribution in [0.15, 0.2) is 41.3 Å². The van der Waals surface area contributed by atoms with Crippen molar-refractivity contribution in [3.8, 4) is 0 Å². The van der Waals surface area contributed by atoms with E-state index < -0.39 is 0 Å². The highest BCUT2D eigenvalue weighted by molar-refractivity contribution is 8.00. The van der Waals surface area contributed by atoms with Crippen LogP contribution in [0.4, 0.5) is 11.4 Å². The van der Waals surface area contributed by atoms with Gasteiger partial charge in [0.25, 0.3) is 5.91 Å². The Balaban J connectivity index is 1.80. The highest BCUT2D eigenvalue weighted by atomic mass is 35.5. The third kappa shape index (κ3) is 3.21. The molecule has 2 aromatic carbocycles. The first-order chi connectivity index (χ1) is 10.5. The lowest BCUT2D eigenvalue weighted by molar-refractivity contribution is -0.113. The van der Waals surface area contributed by atoms with Gasteiger partial charge in [0.2, 0.25) is 5.91 Å². The van der Waals surface area contributed by atoms with E-state index in [1.807, 2.05) is 6.07 Å². The van der Waals surface area contributed by atoms with Gasteiger partial charge >= 0.3 is 0 Å². The third-order valence-electron chi connectivity index (χ3n) is 3.05. The fraction of sp³-hybridized carbons (Fsp3) is 0.0667. The number of rotatable bonds is 2. The summed E-state index contributed by atoms with van der Waals surface area (Å²) in [6.45, 7) is 0. The third-order valence-corrected chi connectivity index (χ3v) is 4.86. The number of thioether (sulfide) groups is 1. The van der Waals surface area contributed by atoms with Gasteiger partial charge < -0.3 is 10.6 Å². The van der Waals surface area contributed by atoms with Crippen molar-refractivity contribution in [2.45, 2.75) is 4.90 Å². The van der Waals surface area contributed by atoms with E-state index in [0.29, 0.717) is 32.7 Å². The fourth-order valence-corrected chi connectivity index (χ4v) is 3.09. The standard InChI is InChI=1S/C15H10Cl2N2O2S/c16-10-3-1-8(5-11(10)17)15(21)18-9-2-4-13-12(6-9)19-14(20)7-22-13/h1-6H,7H2,(H,18,21)(H,19,20). The highest BCUT2D eigenvalue weighted by Gasteiger charge is 2.16. The van der Waals surface area contributed by atoms with E-state index in [9.17, 15) is 9.59 Å². The maximum absolute atomic E-state index is 12.2. The van der Waals surface area contributed by atoms with Gasteiger partial charge in [-0.15, -0.1) is 11.8 Å². The minimum absolute atomic E-state index is 0.0505. The second-order valence-electron chi connectivity index (χ2n) is 4.63. The van der Waals surface area contributed by atoms with Crippen LogP contribution in [-0.4, -0.2) is 17.6 Å². The first-order valence-corrected chi connectivity index (χ1v) is 8.10. The van der Waals surface area contributed by atoms with Crippen LogP contribution >= 0.6 is 35.0 Å². The first-order valence-electron chi connectivity index (χ1n) is 6.36. The van der Waals surface area contributed by atoms with Gasteiger partial charge in [-0.3, -0.25) is 9.59 Å². The first kappa shape index (κ1) is 15.2. The van der Waals surface area contributed by atoms with E-state index in [1.165, 1.54) is 17.8 Å². The molecule has 0 aromatic heterocycles. The summed E-state index contributed by atoms with van der Waals surface area (Å²) in [5.41, 5.74) is 1.70. The Labute approximate surface area is 141 Å². The van der Waals surface area contributed by atoms with Crippen molar-refractivity contribution in [3.05, 3.63) is 52.0 Å². The molecule has 0 unspecified atom stereocenters. The quantitative estimate of drug-likeness (QED) is 0.847. The Morgan fingerprint density at radius 2 is 1.95 bits per heavy atom. The molecule has 1 heterocycles. The minimum atomic E-state index is -0.298. The largest absolute Gasteiger partial charge is 0.324 e.